The number of aryl methyl sites for hydroxylation is 1. The summed E-state index contributed by atoms with van der Waals surface area (Å²) >= 11 is 0. The van der Waals surface area contributed by atoms with E-state index in [9.17, 15) is 9.90 Å². The summed E-state index contributed by atoms with van der Waals surface area (Å²) < 4.78 is 13.7. The van der Waals surface area contributed by atoms with E-state index in [4.69, 9.17) is 14.2 Å². The Bertz CT molecular complexity index is 1470. The number of benzene rings is 1. The quantitative estimate of drug-likeness (QED) is 0.317. The summed E-state index contributed by atoms with van der Waals surface area (Å²) in [5, 5.41) is 14.5. The third-order valence-electron chi connectivity index (χ3n) is 7.24. The van der Waals surface area contributed by atoms with Crippen LogP contribution in [0.2, 0.25) is 0 Å². The molecule has 0 unspecified atom stereocenters. The number of aromatic nitrogens is 4. The summed E-state index contributed by atoms with van der Waals surface area (Å²) in [4.78, 5) is 24.3. The maximum absolute atomic E-state index is 12.6. The number of aliphatic carboxylic acids is 1. The molecule has 0 bridgehead atoms. The van der Waals surface area contributed by atoms with Gasteiger partial charge in [0.1, 0.15) is 17.2 Å². The minimum atomic E-state index is -1.13. The number of hydrogen-bond donors (Lipinski definition) is 1. The van der Waals surface area contributed by atoms with Gasteiger partial charge in [-0.3, -0.25) is 4.40 Å². The summed E-state index contributed by atoms with van der Waals surface area (Å²) in [6.07, 6.45) is 3.27. The Hall–Kier alpha value is -3.72. The van der Waals surface area contributed by atoms with Gasteiger partial charge in [-0.25, -0.2) is 9.78 Å². The van der Waals surface area contributed by atoms with Gasteiger partial charge in [-0.2, -0.15) is 4.98 Å². The molecule has 0 amide bonds. The molecule has 9 heteroatoms. The van der Waals surface area contributed by atoms with Gasteiger partial charge in [-0.15, -0.1) is 0 Å². The number of carbonyl (C=O) groups is 1. The van der Waals surface area contributed by atoms with Crippen molar-refractivity contribution in [3.8, 4) is 11.6 Å². The highest BCUT2D eigenvalue weighted by molar-refractivity contribution is 5.79. The smallest absolute Gasteiger partial charge is 0.337 e. The van der Waals surface area contributed by atoms with Crippen LogP contribution in [0.15, 0.2) is 47.1 Å². The number of piperidine rings is 1. The van der Waals surface area contributed by atoms with Crippen LogP contribution in [0.5, 0.6) is 0 Å². The van der Waals surface area contributed by atoms with Crippen LogP contribution in [0.3, 0.4) is 0 Å². The molecule has 0 aliphatic carbocycles. The Morgan fingerprint density at radius 3 is 2.49 bits per heavy atom. The SMILES string of the molecule is Cc1cc2nc(-c3nc(Cc4ccccc4)no3)cn2c(N2CCC(C)(C)CC2)c1[C@H](OC(C)(C)C)C(=O)O. The van der Waals surface area contributed by atoms with E-state index < -0.39 is 17.7 Å². The molecule has 4 heterocycles. The normalized spacial score (nSPS) is 16.5. The second-order valence-electron chi connectivity index (χ2n) is 12.2. The first kappa shape index (κ1) is 26.9. The number of anilines is 1. The van der Waals surface area contributed by atoms with Crippen molar-refractivity contribution in [1.29, 1.82) is 0 Å². The lowest BCUT2D eigenvalue weighted by atomic mass is 9.82. The molecular weight excluding hydrogens is 494 g/mol. The molecule has 5 rings (SSSR count). The van der Waals surface area contributed by atoms with Gasteiger partial charge in [0.25, 0.3) is 5.89 Å². The summed E-state index contributed by atoms with van der Waals surface area (Å²) in [7, 11) is 0. The molecule has 39 heavy (non-hydrogen) atoms. The van der Waals surface area contributed by atoms with Crippen LogP contribution < -0.4 is 4.90 Å². The van der Waals surface area contributed by atoms with E-state index in [1.165, 1.54) is 0 Å². The van der Waals surface area contributed by atoms with E-state index in [0.717, 1.165) is 42.9 Å². The number of ether oxygens (including phenoxy) is 1. The van der Waals surface area contributed by atoms with Gasteiger partial charge in [0, 0.05) is 31.3 Å². The predicted molar refractivity (Wildman–Crippen MR) is 149 cm³/mol. The van der Waals surface area contributed by atoms with Crippen LogP contribution >= 0.6 is 0 Å². The number of fused-ring (bicyclic) bond motifs is 1. The average molecular weight is 532 g/mol. The molecule has 1 aromatic carbocycles. The fraction of sp³-hybridized carbons (Fsp3) is 0.467. The third kappa shape index (κ3) is 5.83. The monoisotopic (exact) mass is 531 g/mol. The number of carboxylic acids is 1. The summed E-state index contributed by atoms with van der Waals surface area (Å²) in [6.45, 7) is 13.7. The Morgan fingerprint density at radius 2 is 1.85 bits per heavy atom. The largest absolute Gasteiger partial charge is 0.479 e. The first-order valence-electron chi connectivity index (χ1n) is 13.5. The minimum absolute atomic E-state index is 0.229. The number of pyridine rings is 1. The van der Waals surface area contributed by atoms with Crippen LogP contribution in [-0.2, 0) is 16.0 Å². The van der Waals surface area contributed by atoms with Crippen molar-refractivity contribution in [1.82, 2.24) is 19.5 Å². The number of imidazole rings is 1. The number of hydrogen-bond acceptors (Lipinski definition) is 7. The van der Waals surface area contributed by atoms with E-state index in [1.54, 1.807) is 0 Å². The van der Waals surface area contributed by atoms with E-state index in [0.29, 0.717) is 35.0 Å². The third-order valence-corrected chi connectivity index (χ3v) is 7.24. The van der Waals surface area contributed by atoms with E-state index in [2.05, 4.69) is 28.9 Å². The van der Waals surface area contributed by atoms with Gasteiger partial charge < -0.3 is 19.3 Å². The van der Waals surface area contributed by atoms with Crippen molar-refractivity contribution < 1.29 is 19.2 Å². The fourth-order valence-corrected chi connectivity index (χ4v) is 5.11. The van der Waals surface area contributed by atoms with Crippen LogP contribution in [0, 0.1) is 12.3 Å². The first-order valence-corrected chi connectivity index (χ1v) is 13.5. The van der Waals surface area contributed by atoms with Gasteiger partial charge in [-0.05, 0) is 63.1 Å². The molecule has 9 nitrogen and oxygen atoms in total. The molecule has 1 N–H and O–H groups in total. The molecule has 1 atom stereocenters. The Labute approximate surface area is 228 Å². The fourth-order valence-electron chi connectivity index (χ4n) is 5.11. The molecule has 3 aromatic heterocycles. The van der Waals surface area contributed by atoms with Crippen molar-refractivity contribution in [2.45, 2.75) is 72.5 Å². The molecule has 0 radical (unpaired) electrons. The minimum Gasteiger partial charge on any atom is -0.479 e. The Morgan fingerprint density at radius 1 is 1.15 bits per heavy atom. The van der Waals surface area contributed by atoms with Gasteiger partial charge in [-0.1, -0.05) is 49.3 Å². The van der Waals surface area contributed by atoms with Crippen LogP contribution in [0.1, 0.15) is 76.1 Å². The molecular formula is C30H37N5O4. The summed E-state index contributed by atoms with van der Waals surface area (Å²) in [5.41, 5.74) is 3.36. The van der Waals surface area contributed by atoms with E-state index in [-0.39, 0.29) is 5.41 Å². The van der Waals surface area contributed by atoms with Crippen molar-refractivity contribution in [3.63, 3.8) is 0 Å². The summed E-state index contributed by atoms with van der Waals surface area (Å²) in [5.74, 6) is 0.678. The number of carboxylic acid groups (broad SMARTS) is 1. The molecule has 0 spiro atoms. The number of rotatable bonds is 7. The van der Waals surface area contributed by atoms with E-state index >= 15 is 0 Å². The van der Waals surface area contributed by atoms with Crippen LogP contribution in [0.4, 0.5) is 5.82 Å². The molecule has 0 saturated carbocycles. The molecule has 1 aliphatic heterocycles. The first-order chi connectivity index (χ1) is 18.4. The zero-order chi connectivity index (χ0) is 27.9. The highest BCUT2D eigenvalue weighted by atomic mass is 16.5. The van der Waals surface area contributed by atoms with Crippen molar-refractivity contribution in [3.05, 3.63) is 65.1 Å². The van der Waals surface area contributed by atoms with Crippen molar-refractivity contribution in [2.24, 2.45) is 5.41 Å². The van der Waals surface area contributed by atoms with Gasteiger partial charge >= 0.3 is 5.97 Å². The number of nitrogens with zero attached hydrogens (tertiary/aromatic N) is 5. The maximum atomic E-state index is 12.6. The Balaban J connectivity index is 1.61. The average Bonchev–Trinajstić information content (AvgIpc) is 3.49. The van der Waals surface area contributed by atoms with Gasteiger partial charge in [0.2, 0.25) is 0 Å². The standard InChI is InChI=1S/C30H37N5O4/c1-19-16-23-31-21(26-32-22(33-39-26)17-20-10-8-7-9-11-20)18-35(23)27(34-14-12-30(5,6)13-15-34)24(19)25(28(36)37)38-29(2,3)4/h7-11,16,18,25H,12-15,17H2,1-6H3,(H,36,37)/t25-/m0/s1. The van der Waals surface area contributed by atoms with Crippen LogP contribution in [0.25, 0.3) is 17.2 Å². The summed E-state index contributed by atoms with van der Waals surface area (Å²) in [6, 6.07) is 11.9. The highest BCUT2D eigenvalue weighted by Gasteiger charge is 2.35. The van der Waals surface area contributed by atoms with E-state index in [1.807, 2.05) is 74.7 Å². The lowest BCUT2D eigenvalue weighted by Crippen LogP contribution is -2.40. The van der Waals surface area contributed by atoms with Crippen LogP contribution in [-0.4, -0.2) is 49.3 Å². The Kier molecular flexibility index (Phi) is 6.97. The van der Waals surface area contributed by atoms with Gasteiger partial charge in [0.05, 0.1) is 5.60 Å². The molecule has 1 aliphatic rings. The zero-order valence-corrected chi connectivity index (χ0v) is 23.6. The molecule has 4 aromatic rings. The molecule has 1 fully saturated rings. The topological polar surface area (TPSA) is 106 Å². The maximum Gasteiger partial charge on any atom is 0.337 e. The molecule has 206 valence electrons. The zero-order valence-electron chi connectivity index (χ0n) is 23.6. The predicted octanol–water partition coefficient (Wildman–Crippen LogP) is 5.85. The second-order valence-corrected chi connectivity index (χ2v) is 12.2. The highest BCUT2D eigenvalue weighted by Crippen LogP contribution is 2.40. The molecule has 1 saturated heterocycles. The van der Waals surface area contributed by atoms with Crippen molar-refractivity contribution >= 4 is 17.4 Å². The van der Waals surface area contributed by atoms with Crippen molar-refractivity contribution in [2.75, 3.05) is 18.0 Å². The second kappa shape index (κ2) is 10.1. The lowest BCUT2D eigenvalue weighted by molar-refractivity contribution is -0.160. The lowest BCUT2D eigenvalue weighted by Gasteiger charge is -2.40. The van der Waals surface area contributed by atoms with Gasteiger partial charge in [0.15, 0.2) is 11.9 Å².